The minimum absolute atomic E-state index is 0.0557. The lowest BCUT2D eigenvalue weighted by Gasteiger charge is -2.26. The number of anilines is 1. The predicted molar refractivity (Wildman–Crippen MR) is 105 cm³/mol. The molecule has 3 rings (SSSR count). The molecule has 1 saturated heterocycles. The molecule has 1 aliphatic heterocycles. The first-order valence-electron chi connectivity index (χ1n) is 8.54. The van der Waals surface area contributed by atoms with Crippen LogP contribution in [0.5, 0.6) is 0 Å². The zero-order valence-electron chi connectivity index (χ0n) is 14.7. The highest BCUT2D eigenvalue weighted by Gasteiger charge is 2.28. The Hall–Kier alpha value is -2.01. The van der Waals surface area contributed by atoms with Gasteiger partial charge in [-0.1, -0.05) is 18.0 Å². The molecule has 1 aliphatic rings. The van der Waals surface area contributed by atoms with Crippen LogP contribution in [0.15, 0.2) is 28.5 Å². The number of carbonyl (C=O) groups is 2. The summed E-state index contributed by atoms with van der Waals surface area (Å²) in [5.41, 5.74) is 0.451. The maximum atomic E-state index is 12.9. The molecule has 2 N–H and O–H groups in total. The number of nitrogens with one attached hydrogen (secondary N) is 1. The summed E-state index contributed by atoms with van der Waals surface area (Å²) in [6.45, 7) is 0.862. The number of nitrogens with zero attached hydrogens (tertiary/aromatic N) is 2. The van der Waals surface area contributed by atoms with Gasteiger partial charge in [-0.3, -0.25) is 14.9 Å². The van der Waals surface area contributed by atoms with Crippen LogP contribution in [-0.4, -0.2) is 47.8 Å². The Morgan fingerprint density at radius 1 is 1.25 bits per heavy atom. The molecule has 0 saturated carbocycles. The quantitative estimate of drug-likeness (QED) is 0.708. The smallest absolute Gasteiger partial charge is 0.309 e. The van der Waals surface area contributed by atoms with Crippen LogP contribution >= 0.6 is 22.9 Å². The van der Waals surface area contributed by atoms with Crippen molar-refractivity contribution < 1.29 is 23.1 Å². The maximum absolute atomic E-state index is 12.9. The number of hydrogen-bond donors (Lipinski definition) is 2. The molecule has 0 radical (unpaired) electrons. The number of hydrogen-bond acceptors (Lipinski definition) is 6. The van der Waals surface area contributed by atoms with Crippen LogP contribution in [-0.2, 0) is 21.2 Å². The minimum atomic E-state index is -3.79. The van der Waals surface area contributed by atoms with Gasteiger partial charge in [-0.25, -0.2) is 13.4 Å². The number of carboxylic acids is 1. The lowest BCUT2D eigenvalue weighted by molar-refractivity contribution is -0.136. The molecule has 1 aromatic carbocycles. The van der Waals surface area contributed by atoms with Gasteiger partial charge in [0, 0.05) is 24.0 Å². The highest BCUT2D eigenvalue weighted by molar-refractivity contribution is 7.89. The number of aromatic nitrogens is 1. The first-order chi connectivity index (χ1) is 13.3. The topological polar surface area (TPSA) is 117 Å². The van der Waals surface area contributed by atoms with E-state index in [2.05, 4.69) is 10.3 Å². The van der Waals surface area contributed by atoms with Crippen molar-refractivity contribution in [3.8, 4) is 0 Å². The Kier molecular flexibility index (Phi) is 6.33. The van der Waals surface area contributed by atoms with Crippen LogP contribution in [0.1, 0.15) is 35.3 Å². The average molecular weight is 444 g/mol. The number of halogens is 1. The first kappa shape index (κ1) is 20.7. The van der Waals surface area contributed by atoms with Crippen LogP contribution in [0.3, 0.4) is 0 Å². The fourth-order valence-corrected chi connectivity index (χ4v) is 5.58. The Morgan fingerprint density at radius 3 is 2.64 bits per heavy atom. The Balaban J connectivity index is 1.81. The van der Waals surface area contributed by atoms with Crippen molar-refractivity contribution in [3.63, 3.8) is 0 Å². The summed E-state index contributed by atoms with van der Waals surface area (Å²) in [6.07, 6.45) is 2.32. The summed E-state index contributed by atoms with van der Waals surface area (Å²) in [5, 5.41) is 13.2. The van der Waals surface area contributed by atoms with Crippen molar-refractivity contribution in [3.05, 3.63) is 39.9 Å². The van der Waals surface area contributed by atoms with Crippen molar-refractivity contribution in [2.75, 3.05) is 18.4 Å². The van der Waals surface area contributed by atoms with Crippen molar-refractivity contribution in [2.45, 2.75) is 30.6 Å². The highest BCUT2D eigenvalue weighted by atomic mass is 35.5. The Bertz CT molecular complexity index is 1000. The van der Waals surface area contributed by atoms with E-state index in [0.717, 1.165) is 30.6 Å². The van der Waals surface area contributed by atoms with Crippen LogP contribution < -0.4 is 5.32 Å². The molecule has 150 valence electrons. The third-order valence-electron chi connectivity index (χ3n) is 4.23. The molecule has 1 amide bonds. The summed E-state index contributed by atoms with van der Waals surface area (Å²) >= 11 is 7.20. The summed E-state index contributed by atoms with van der Waals surface area (Å²) in [4.78, 5) is 27.1. The molecular formula is C17H18ClN3O5S2. The van der Waals surface area contributed by atoms with Gasteiger partial charge in [0.2, 0.25) is 10.0 Å². The second-order valence-electron chi connectivity index (χ2n) is 6.28. The molecule has 0 aliphatic carbocycles. The molecular weight excluding hydrogens is 426 g/mol. The predicted octanol–water partition coefficient (Wildman–Crippen LogP) is 2.85. The Morgan fingerprint density at radius 2 is 1.96 bits per heavy atom. The van der Waals surface area contributed by atoms with E-state index in [-0.39, 0.29) is 27.0 Å². The molecule has 2 aromatic rings. The molecule has 2 heterocycles. The lowest BCUT2D eigenvalue weighted by atomic mass is 10.2. The van der Waals surface area contributed by atoms with Gasteiger partial charge in [0.25, 0.3) is 5.91 Å². The van der Waals surface area contributed by atoms with Gasteiger partial charge in [0.15, 0.2) is 5.13 Å². The van der Waals surface area contributed by atoms with Gasteiger partial charge < -0.3 is 5.11 Å². The molecule has 1 fully saturated rings. The van der Waals surface area contributed by atoms with Gasteiger partial charge >= 0.3 is 5.97 Å². The molecule has 0 unspecified atom stereocenters. The van der Waals surface area contributed by atoms with E-state index >= 15 is 0 Å². The number of aliphatic carboxylic acids is 1. The third kappa shape index (κ3) is 4.69. The van der Waals surface area contributed by atoms with E-state index in [9.17, 15) is 18.0 Å². The number of benzene rings is 1. The average Bonchev–Trinajstić information content (AvgIpc) is 3.08. The van der Waals surface area contributed by atoms with E-state index in [0.29, 0.717) is 18.8 Å². The van der Waals surface area contributed by atoms with Crippen molar-refractivity contribution >= 4 is 50.0 Å². The van der Waals surface area contributed by atoms with Crippen molar-refractivity contribution in [1.29, 1.82) is 0 Å². The Labute approximate surface area is 171 Å². The molecule has 0 atom stereocenters. The van der Waals surface area contributed by atoms with Crippen molar-refractivity contribution in [1.82, 2.24) is 9.29 Å². The number of sulfonamides is 1. The number of amides is 1. The van der Waals surface area contributed by atoms with Crippen LogP contribution in [0, 0.1) is 0 Å². The normalized spacial score (nSPS) is 15.3. The van der Waals surface area contributed by atoms with Gasteiger partial charge in [0.1, 0.15) is 4.90 Å². The van der Waals surface area contributed by atoms with E-state index in [1.807, 2.05) is 0 Å². The maximum Gasteiger partial charge on any atom is 0.309 e. The highest BCUT2D eigenvalue weighted by Crippen LogP contribution is 2.28. The fourth-order valence-electron chi connectivity index (χ4n) is 2.86. The van der Waals surface area contributed by atoms with Gasteiger partial charge in [-0.15, -0.1) is 11.3 Å². The van der Waals surface area contributed by atoms with Crippen LogP contribution in [0.25, 0.3) is 0 Å². The van der Waals surface area contributed by atoms with E-state index in [1.165, 1.54) is 27.9 Å². The van der Waals surface area contributed by atoms with E-state index in [4.69, 9.17) is 16.7 Å². The largest absolute Gasteiger partial charge is 0.481 e. The van der Waals surface area contributed by atoms with Crippen molar-refractivity contribution in [2.24, 2.45) is 0 Å². The molecule has 8 nitrogen and oxygen atoms in total. The monoisotopic (exact) mass is 443 g/mol. The molecule has 28 heavy (non-hydrogen) atoms. The lowest BCUT2D eigenvalue weighted by Crippen LogP contribution is -2.35. The van der Waals surface area contributed by atoms with E-state index in [1.54, 1.807) is 0 Å². The summed E-state index contributed by atoms with van der Waals surface area (Å²) < 4.78 is 27.2. The number of piperidine rings is 1. The zero-order chi connectivity index (χ0) is 20.3. The molecule has 1 aromatic heterocycles. The van der Waals surface area contributed by atoms with Gasteiger partial charge in [-0.2, -0.15) is 4.31 Å². The van der Waals surface area contributed by atoms with Crippen LogP contribution in [0.4, 0.5) is 5.13 Å². The fraction of sp³-hybridized carbons (Fsp3) is 0.353. The number of carboxylic acid groups (broad SMARTS) is 1. The molecule has 0 spiro atoms. The standard InChI is InChI=1S/C17H18ClN3O5S2/c18-13-5-4-11(8-14(13)28(25,26)21-6-2-1-3-7-21)16(24)20-17-19-12(10-27-17)9-15(22)23/h4-5,8,10H,1-3,6-7,9H2,(H,22,23)(H,19,20,24). The van der Waals surface area contributed by atoms with Gasteiger partial charge in [0.05, 0.1) is 17.1 Å². The second-order valence-corrected chi connectivity index (χ2v) is 9.45. The summed E-state index contributed by atoms with van der Waals surface area (Å²) in [5.74, 6) is -1.57. The van der Waals surface area contributed by atoms with E-state index < -0.39 is 21.9 Å². The number of rotatable bonds is 6. The third-order valence-corrected chi connectivity index (χ3v) is 7.42. The molecule has 0 bridgehead atoms. The van der Waals surface area contributed by atoms with Crippen LogP contribution in [0.2, 0.25) is 5.02 Å². The first-order valence-corrected chi connectivity index (χ1v) is 11.2. The second kappa shape index (κ2) is 8.56. The molecule has 11 heteroatoms. The number of carbonyl (C=O) groups excluding carboxylic acids is 1. The summed E-state index contributed by atoms with van der Waals surface area (Å²) in [6, 6.07) is 4.07. The van der Waals surface area contributed by atoms with Gasteiger partial charge in [-0.05, 0) is 31.0 Å². The SMILES string of the molecule is O=C(O)Cc1csc(NC(=O)c2ccc(Cl)c(S(=O)(=O)N3CCCCC3)c2)n1. The number of thiazole rings is 1. The summed E-state index contributed by atoms with van der Waals surface area (Å²) in [7, 11) is -3.79. The minimum Gasteiger partial charge on any atom is -0.481 e. The zero-order valence-corrected chi connectivity index (χ0v) is 17.1.